The van der Waals surface area contributed by atoms with E-state index in [2.05, 4.69) is 380 Å². The van der Waals surface area contributed by atoms with E-state index in [0.29, 0.717) is 0 Å². The minimum absolute atomic E-state index is 0. The maximum Gasteiger partial charge on any atom is 0.144 e. The maximum atomic E-state index is 2.39. The van der Waals surface area contributed by atoms with Gasteiger partial charge in [-0.2, -0.15) is 0 Å². The van der Waals surface area contributed by atoms with Crippen LogP contribution in [0.25, 0.3) is 0 Å². The topological polar surface area (TPSA) is 0 Å². The van der Waals surface area contributed by atoms with Gasteiger partial charge in [0, 0.05) is 73.0 Å². The second kappa shape index (κ2) is 38.0. The number of rotatable bonds is 16. The van der Waals surface area contributed by atoms with Crippen LogP contribution in [-0.2, 0) is 33.0 Å². The van der Waals surface area contributed by atoms with Gasteiger partial charge in [-0.25, -0.2) is 0 Å². The van der Waals surface area contributed by atoms with E-state index in [1.807, 2.05) is 0 Å². The van der Waals surface area contributed by atoms with Gasteiger partial charge in [-0.1, -0.05) is 194 Å². The average Bonchev–Trinajstić information content (AvgIpc) is 1.78. The fourth-order valence-electron chi connectivity index (χ4n) is 10.5. The molecule has 10 heteroatoms. The molecule has 0 atom stereocenters. The predicted molar refractivity (Wildman–Crippen MR) is 416 cm³/mol. The largest absolute Gasteiger partial charge is 0.144 e. The zero-order valence-corrected chi connectivity index (χ0v) is 61.4. The first-order valence-corrected chi connectivity index (χ1v) is 44.1. The van der Waals surface area contributed by atoms with Crippen molar-refractivity contribution >= 4 is 150 Å². The van der Waals surface area contributed by atoms with Crippen molar-refractivity contribution < 1.29 is 33.0 Å². The molecular formula is C78H84Ni2P8+8. The molecule has 0 N–H and O–H groups in total. The monoisotopic (exact) mass is 1380 g/mol. The third kappa shape index (κ3) is 20.5. The Labute approximate surface area is 557 Å². The first-order chi connectivity index (χ1) is 42.2. The van der Waals surface area contributed by atoms with Gasteiger partial charge in [0.25, 0.3) is 0 Å². The minimum Gasteiger partial charge on any atom is -0.0620 e. The van der Waals surface area contributed by atoms with Crippen molar-refractivity contribution in [3.8, 4) is 0 Å². The Morgan fingerprint density at radius 1 is 0.170 bits per heavy atom. The van der Waals surface area contributed by atoms with Gasteiger partial charge in [-0.05, 0) is 161 Å². The Bertz CT molecular complexity index is 3200. The van der Waals surface area contributed by atoms with Crippen molar-refractivity contribution in [2.45, 2.75) is 0 Å². The average molecular weight is 1390 g/mol. The van der Waals surface area contributed by atoms with Crippen molar-refractivity contribution in [3.05, 3.63) is 340 Å². The molecule has 88 heavy (non-hydrogen) atoms. The van der Waals surface area contributed by atoms with E-state index in [0.717, 1.165) is 0 Å². The smallest absolute Gasteiger partial charge is 0.0620 e. The van der Waals surface area contributed by atoms with Crippen molar-refractivity contribution in [1.29, 1.82) is 0 Å². The van der Waals surface area contributed by atoms with E-state index in [1.165, 1.54) is 84.9 Å². The van der Waals surface area contributed by atoms with Crippen LogP contribution in [0.15, 0.2) is 340 Å². The molecule has 0 saturated heterocycles. The van der Waals surface area contributed by atoms with Crippen LogP contribution in [0.4, 0.5) is 0 Å². The van der Waals surface area contributed by atoms with E-state index >= 15 is 0 Å². The molecule has 0 unspecified atom stereocenters. The summed E-state index contributed by atoms with van der Waals surface area (Å²) in [4.78, 5) is 0. The molecule has 0 aliphatic rings. The molecule has 12 aromatic rings. The van der Waals surface area contributed by atoms with Crippen molar-refractivity contribution in [1.82, 2.24) is 0 Å². The first-order valence-electron chi connectivity index (χ1n) is 29.7. The molecule has 0 nitrogen and oxygen atoms in total. The second-order valence-corrected chi connectivity index (χ2v) is 40.9. The molecule has 0 spiro atoms. The summed E-state index contributed by atoms with van der Waals surface area (Å²) < 4.78 is 0. The third-order valence-electron chi connectivity index (χ3n) is 14.0. The van der Waals surface area contributed by atoms with Gasteiger partial charge < -0.3 is 0 Å². The molecule has 0 aromatic heterocycles. The molecule has 0 amide bonds. The summed E-state index contributed by atoms with van der Waals surface area (Å²) >= 11 is 0. The van der Waals surface area contributed by atoms with Crippen LogP contribution in [-0.4, -0.2) is 40.0 Å². The maximum absolute atomic E-state index is 2.39. The molecular weight excluding hydrogens is 1300 g/mol. The summed E-state index contributed by atoms with van der Waals surface area (Å²) in [5.74, 6) is 0. The van der Waals surface area contributed by atoms with Crippen molar-refractivity contribution in [3.63, 3.8) is 0 Å². The zero-order valence-electron chi connectivity index (χ0n) is 51.1. The standard InChI is InChI=1S/2C36H29P3.2C3H9P.2Ni/c2*1-5-17-29(18-6-1)38(30-19-7-2-8-20-30)35-27-15-13-25-33(35)37-34-26-14-16-28-36(34)39(31-21-9-3-10-22-31)32-23-11-4-12-24-32;2*1-4(2)3;;/h2*1-28,37H;2*1-3H3;;/p+8. The van der Waals surface area contributed by atoms with Crippen LogP contribution in [0.3, 0.4) is 0 Å². The van der Waals surface area contributed by atoms with Gasteiger partial charge in [0.1, 0.15) is 117 Å². The molecule has 0 aliphatic carbocycles. The molecule has 0 radical (unpaired) electrons. The Hall–Kier alpha value is -4.93. The first kappa shape index (κ1) is 70.5. The van der Waals surface area contributed by atoms with Crippen LogP contribution in [0.2, 0.25) is 0 Å². The van der Waals surface area contributed by atoms with E-state index in [4.69, 9.17) is 0 Å². The van der Waals surface area contributed by atoms with E-state index < -0.39 is 31.7 Å². The number of benzene rings is 12. The quantitative estimate of drug-likeness (QED) is 0.0668. The fraction of sp³-hybridized carbons (Fsp3) is 0.0769. The van der Waals surface area contributed by atoms with Gasteiger partial charge in [0.05, 0.1) is 17.2 Å². The predicted octanol–water partition coefficient (Wildman–Crippen LogP) is 12.2. The Morgan fingerprint density at radius 2 is 0.284 bits per heavy atom. The molecule has 12 aromatic carbocycles. The van der Waals surface area contributed by atoms with Gasteiger partial charge in [0.2, 0.25) is 0 Å². The van der Waals surface area contributed by atoms with E-state index in [-0.39, 0.29) is 66.0 Å². The van der Waals surface area contributed by atoms with Crippen LogP contribution < -0.4 is 84.9 Å². The minimum atomic E-state index is -1.13. The van der Waals surface area contributed by atoms with E-state index in [1.54, 1.807) is 0 Å². The van der Waals surface area contributed by atoms with E-state index in [9.17, 15) is 0 Å². The van der Waals surface area contributed by atoms with Crippen molar-refractivity contribution in [2.75, 3.05) is 40.0 Å². The summed E-state index contributed by atoms with van der Waals surface area (Å²) in [5, 5.41) is 23.6. The van der Waals surface area contributed by atoms with Crippen LogP contribution >= 0.6 is 64.7 Å². The van der Waals surface area contributed by atoms with Crippen molar-refractivity contribution in [2.24, 2.45) is 0 Å². The normalized spacial score (nSPS) is 10.7. The van der Waals surface area contributed by atoms with Gasteiger partial charge in [-0.3, -0.25) is 0 Å². The van der Waals surface area contributed by atoms with Crippen LogP contribution in [0, 0.1) is 0 Å². The molecule has 0 saturated carbocycles. The molecule has 12 rings (SSSR count). The Balaban J connectivity index is 0.000000219. The fourth-order valence-corrected chi connectivity index (χ4v) is 26.2. The molecule has 0 heterocycles. The second-order valence-electron chi connectivity index (χ2n) is 22.1. The zero-order chi connectivity index (χ0) is 59.7. The summed E-state index contributed by atoms with van der Waals surface area (Å²) in [6.07, 6.45) is 0. The number of hydrogen-bond donors (Lipinski definition) is 0. The van der Waals surface area contributed by atoms with Crippen LogP contribution in [0.1, 0.15) is 0 Å². The van der Waals surface area contributed by atoms with Gasteiger partial charge in [0.15, 0.2) is 0 Å². The summed E-state index contributed by atoms with van der Waals surface area (Å²) in [6, 6.07) is 126. The van der Waals surface area contributed by atoms with Gasteiger partial charge >= 0.3 is 0 Å². The molecule has 0 aliphatic heterocycles. The van der Waals surface area contributed by atoms with Gasteiger partial charge in [-0.15, -0.1) is 0 Å². The summed E-state index contributed by atoms with van der Waals surface area (Å²) in [6.45, 7) is 13.6. The Kier molecular flexibility index (Phi) is 30.5. The third-order valence-corrected chi connectivity index (χ3v) is 29.7. The van der Waals surface area contributed by atoms with Crippen LogP contribution in [0.5, 0.6) is 0 Å². The molecule has 0 bridgehead atoms. The summed E-state index contributed by atoms with van der Waals surface area (Å²) in [7, 11) is -4.45. The number of hydrogen-bond acceptors (Lipinski definition) is 0. The Morgan fingerprint density at radius 3 is 0.420 bits per heavy atom. The molecule has 0 fully saturated rings. The summed E-state index contributed by atoms with van der Waals surface area (Å²) in [5.41, 5.74) is 0. The SMILES string of the molecule is C[PH+](C)C.C[PH+](C)C.[Ni].[Ni].c1ccc([PH+](c2ccccc2)c2ccccc2[PH2+]c2ccccc2[PH+](c2ccccc2)c2ccccc2)cc1.c1ccc([PH+](c2ccccc2)c2ccccc2[PH2+]c2ccccc2[PH+](c2ccccc2)c2ccccc2)cc1. The molecule has 448 valence electrons.